The third-order valence-electron chi connectivity index (χ3n) is 1.77. The molecule has 15 heavy (non-hydrogen) atoms. The Morgan fingerprint density at radius 1 is 1.47 bits per heavy atom. The number of halogens is 2. The van der Waals surface area contributed by atoms with Crippen molar-refractivity contribution in [3.05, 3.63) is 33.8 Å². The van der Waals surface area contributed by atoms with Crippen LogP contribution < -0.4 is 11.1 Å². The maximum absolute atomic E-state index is 11.7. The van der Waals surface area contributed by atoms with Crippen LogP contribution in [-0.2, 0) is 0 Å². The van der Waals surface area contributed by atoms with E-state index >= 15 is 0 Å². The molecule has 5 heteroatoms. The molecule has 0 radical (unpaired) electrons. The first-order valence-corrected chi connectivity index (χ1v) is 5.25. The van der Waals surface area contributed by atoms with Gasteiger partial charge in [-0.3, -0.25) is 4.79 Å². The van der Waals surface area contributed by atoms with E-state index in [0.29, 0.717) is 22.2 Å². The average molecular weight is 247 g/mol. The van der Waals surface area contributed by atoms with Crippen molar-refractivity contribution >= 4 is 29.1 Å². The van der Waals surface area contributed by atoms with Gasteiger partial charge in [0.05, 0.1) is 15.6 Å². The Balaban J connectivity index is 2.82. The highest BCUT2D eigenvalue weighted by Gasteiger charge is 2.13. The third kappa shape index (κ3) is 3.38. The molecule has 3 N–H and O–H groups in total. The standard InChI is InChI=1S/C10H12Cl2N2O/c1-6(13)5-14-10(15)9-7(11)3-2-4-8(9)12/h2-4,6H,5,13H2,1H3,(H,14,15). The molecule has 1 rings (SSSR count). The molecule has 0 spiro atoms. The minimum atomic E-state index is -0.303. The average Bonchev–Trinajstić information content (AvgIpc) is 2.14. The number of hydrogen-bond donors (Lipinski definition) is 2. The molecule has 0 aliphatic heterocycles. The number of rotatable bonds is 3. The van der Waals surface area contributed by atoms with Gasteiger partial charge < -0.3 is 11.1 Å². The van der Waals surface area contributed by atoms with Crippen molar-refractivity contribution in [1.82, 2.24) is 5.32 Å². The summed E-state index contributed by atoms with van der Waals surface area (Å²) in [6, 6.07) is 4.82. The molecular weight excluding hydrogens is 235 g/mol. The Morgan fingerprint density at radius 2 is 2.00 bits per heavy atom. The highest BCUT2D eigenvalue weighted by Crippen LogP contribution is 2.23. The van der Waals surface area contributed by atoms with E-state index in [9.17, 15) is 4.79 Å². The molecule has 1 unspecified atom stereocenters. The summed E-state index contributed by atoms with van der Waals surface area (Å²) in [6.07, 6.45) is 0. The van der Waals surface area contributed by atoms with Crippen molar-refractivity contribution < 1.29 is 4.79 Å². The topological polar surface area (TPSA) is 55.1 Å². The number of nitrogens with two attached hydrogens (primary N) is 1. The molecule has 0 heterocycles. The fourth-order valence-electron chi connectivity index (χ4n) is 1.06. The first-order valence-electron chi connectivity index (χ1n) is 4.50. The van der Waals surface area contributed by atoms with Crippen molar-refractivity contribution in [2.75, 3.05) is 6.54 Å². The van der Waals surface area contributed by atoms with Crippen LogP contribution in [0.25, 0.3) is 0 Å². The van der Waals surface area contributed by atoms with Gasteiger partial charge in [-0.2, -0.15) is 0 Å². The molecule has 1 aromatic rings. The Kier molecular flexibility index (Phi) is 4.39. The van der Waals surface area contributed by atoms with Gasteiger partial charge in [-0.15, -0.1) is 0 Å². The molecule has 1 atom stereocenters. The largest absolute Gasteiger partial charge is 0.350 e. The van der Waals surface area contributed by atoms with Crippen molar-refractivity contribution in [1.29, 1.82) is 0 Å². The molecule has 0 aliphatic rings. The second-order valence-electron chi connectivity index (χ2n) is 3.28. The second-order valence-corrected chi connectivity index (χ2v) is 4.10. The van der Waals surface area contributed by atoms with E-state index < -0.39 is 0 Å². The summed E-state index contributed by atoms with van der Waals surface area (Å²) in [5, 5.41) is 3.32. The van der Waals surface area contributed by atoms with Gasteiger partial charge in [-0.05, 0) is 19.1 Å². The van der Waals surface area contributed by atoms with Gasteiger partial charge >= 0.3 is 0 Å². The van der Waals surface area contributed by atoms with Gasteiger partial charge in [0.1, 0.15) is 0 Å². The zero-order valence-electron chi connectivity index (χ0n) is 8.26. The Hall–Kier alpha value is -0.770. The van der Waals surface area contributed by atoms with E-state index in [4.69, 9.17) is 28.9 Å². The molecule has 1 aromatic carbocycles. The number of amides is 1. The molecule has 0 aromatic heterocycles. The molecule has 0 aliphatic carbocycles. The van der Waals surface area contributed by atoms with Crippen LogP contribution in [0.4, 0.5) is 0 Å². The summed E-state index contributed by atoms with van der Waals surface area (Å²) in [5.74, 6) is -0.303. The quantitative estimate of drug-likeness (QED) is 0.859. The van der Waals surface area contributed by atoms with Crippen LogP contribution in [0, 0.1) is 0 Å². The number of carbonyl (C=O) groups excluding carboxylic acids is 1. The summed E-state index contributed by atoms with van der Waals surface area (Å²) in [5.41, 5.74) is 5.81. The lowest BCUT2D eigenvalue weighted by Gasteiger charge is -2.09. The fraction of sp³-hybridized carbons (Fsp3) is 0.300. The molecule has 82 valence electrons. The predicted octanol–water partition coefficient (Wildman–Crippen LogP) is 2.07. The van der Waals surface area contributed by atoms with Crippen molar-refractivity contribution in [2.24, 2.45) is 5.73 Å². The summed E-state index contributed by atoms with van der Waals surface area (Å²) >= 11 is 11.7. The van der Waals surface area contributed by atoms with Crippen molar-refractivity contribution in [3.63, 3.8) is 0 Å². The van der Waals surface area contributed by atoms with E-state index in [1.807, 2.05) is 0 Å². The minimum absolute atomic E-state index is 0.102. The fourth-order valence-corrected chi connectivity index (χ4v) is 1.63. The van der Waals surface area contributed by atoms with Gasteiger partial charge in [0.15, 0.2) is 0 Å². The van der Waals surface area contributed by atoms with Gasteiger partial charge in [-0.25, -0.2) is 0 Å². The van der Waals surface area contributed by atoms with Crippen LogP contribution >= 0.6 is 23.2 Å². The van der Waals surface area contributed by atoms with E-state index in [-0.39, 0.29) is 11.9 Å². The van der Waals surface area contributed by atoms with Crippen LogP contribution in [0.3, 0.4) is 0 Å². The maximum atomic E-state index is 11.7. The monoisotopic (exact) mass is 246 g/mol. The van der Waals surface area contributed by atoms with Crippen LogP contribution in [0.5, 0.6) is 0 Å². The Labute approximate surface area is 98.5 Å². The SMILES string of the molecule is CC(N)CNC(=O)c1c(Cl)cccc1Cl. The van der Waals surface area contributed by atoms with E-state index in [1.165, 1.54) is 0 Å². The highest BCUT2D eigenvalue weighted by atomic mass is 35.5. The van der Waals surface area contributed by atoms with E-state index in [2.05, 4.69) is 5.32 Å². The summed E-state index contributed by atoms with van der Waals surface area (Å²) in [4.78, 5) is 11.7. The lowest BCUT2D eigenvalue weighted by Crippen LogP contribution is -2.35. The summed E-state index contributed by atoms with van der Waals surface area (Å²) in [6.45, 7) is 2.19. The summed E-state index contributed by atoms with van der Waals surface area (Å²) < 4.78 is 0. The molecular formula is C10H12Cl2N2O. The van der Waals surface area contributed by atoms with E-state index in [1.54, 1.807) is 25.1 Å². The molecule has 0 fully saturated rings. The van der Waals surface area contributed by atoms with Crippen molar-refractivity contribution in [2.45, 2.75) is 13.0 Å². The van der Waals surface area contributed by atoms with Gasteiger partial charge in [0, 0.05) is 12.6 Å². The molecule has 0 saturated carbocycles. The Bertz CT molecular complexity index is 346. The Morgan fingerprint density at radius 3 is 2.47 bits per heavy atom. The second kappa shape index (κ2) is 5.35. The maximum Gasteiger partial charge on any atom is 0.254 e. The van der Waals surface area contributed by atoms with E-state index in [0.717, 1.165) is 0 Å². The number of nitrogens with one attached hydrogen (secondary N) is 1. The highest BCUT2D eigenvalue weighted by molar-refractivity contribution is 6.39. The molecule has 0 saturated heterocycles. The molecule has 1 amide bonds. The summed E-state index contributed by atoms with van der Waals surface area (Å²) in [7, 11) is 0. The van der Waals surface area contributed by atoms with Crippen LogP contribution in [0.1, 0.15) is 17.3 Å². The van der Waals surface area contributed by atoms with Gasteiger partial charge in [-0.1, -0.05) is 29.3 Å². The normalized spacial score (nSPS) is 12.3. The number of benzene rings is 1. The van der Waals surface area contributed by atoms with Crippen molar-refractivity contribution in [3.8, 4) is 0 Å². The first kappa shape index (κ1) is 12.3. The van der Waals surface area contributed by atoms with Gasteiger partial charge in [0.25, 0.3) is 5.91 Å². The first-order chi connectivity index (χ1) is 7.02. The van der Waals surface area contributed by atoms with Crippen LogP contribution in [0.15, 0.2) is 18.2 Å². The molecule has 0 bridgehead atoms. The molecule has 3 nitrogen and oxygen atoms in total. The number of hydrogen-bond acceptors (Lipinski definition) is 2. The number of carbonyl (C=O) groups is 1. The lowest BCUT2D eigenvalue weighted by molar-refractivity contribution is 0.0952. The van der Waals surface area contributed by atoms with Crippen LogP contribution in [-0.4, -0.2) is 18.5 Å². The predicted molar refractivity (Wildman–Crippen MR) is 62.4 cm³/mol. The zero-order valence-corrected chi connectivity index (χ0v) is 9.77. The lowest BCUT2D eigenvalue weighted by atomic mass is 10.2. The minimum Gasteiger partial charge on any atom is -0.350 e. The zero-order chi connectivity index (χ0) is 11.4. The van der Waals surface area contributed by atoms with Crippen LogP contribution in [0.2, 0.25) is 10.0 Å². The smallest absolute Gasteiger partial charge is 0.254 e. The third-order valence-corrected chi connectivity index (χ3v) is 2.40. The van der Waals surface area contributed by atoms with Gasteiger partial charge in [0.2, 0.25) is 0 Å².